The van der Waals surface area contributed by atoms with Crippen LogP contribution in [0.1, 0.15) is 24.2 Å². The van der Waals surface area contributed by atoms with Gasteiger partial charge in [0.1, 0.15) is 11.5 Å². The summed E-state index contributed by atoms with van der Waals surface area (Å²) in [5, 5.41) is 6.18. The van der Waals surface area contributed by atoms with Crippen LogP contribution >= 0.6 is 11.3 Å². The molecule has 0 saturated carbocycles. The Balaban J connectivity index is 1.80. The predicted molar refractivity (Wildman–Crippen MR) is 111 cm³/mol. The van der Waals surface area contributed by atoms with Gasteiger partial charge in [-0.1, -0.05) is 25.2 Å². The van der Waals surface area contributed by atoms with Gasteiger partial charge in [0, 0.05) is 17.7 Å². The van der Waals surface area contributed by atoms with Gasteiger partial charge in [-0.25, -0.2) is 4.98 Å². The highest BCUT2D eigenvalue weighted by Gasteiger charge is 2.15. The van der Waals surface area contributed by atoms with E-state index in [0.29, 0.717) is 33.4 Å². The minimum Gasteiger partial charge on any atom is -0.497 e. The van der Waals surface area contributed by atoms with E-state index in [1.807, 2.05) is 19.9 Å². The molecule has 2 N–H and O–H groups in total. The number of anilines is 2. The number of nitrogens with one attached hydrogen (secondary N) is 2. The third-order valence-corrected chi connectivity index (χ3v) is 5.01. The van der Waals surface area contributed by atoms with E-state index in [1.54, 1.807) is 37.4 Å². The molecule has 0 unspecified atom stereocenters. The Morgan fingerprint density at radius 1 is 1.04 bits per heavy atom. The molecule has 0 aliphatic carbocycles. The minimum absolute atomic E-state index is 0.0841. The summed E-state index contributed by atoms with van der Waals surface area (Å²) in [7, 11) is 3.05. The fraction of sp³-hybridized carbons (Fsp3) is 0.250. The van der Waals surface area contributed by atoms with Gasteiger partial charge < -0.3 is 20.1 Å². The van der Waals surface area contributed by atoms with Crippen molar-refractivity contribution >= 4 is 44.2 Å². The number of ether oxygens (including phenoxy) is 2. The van der Waals surface area contributed by atoms with Crippen LogP contribution in [0, 0.1) is 5.92 Å². The maximum atomic E-state index is 12.6. The molecular weight excluding hydrogens is 378 g/mol. The minimum atomic E-state index is -0.303. The first-order valence-corrected chi connectivity index (χ1v) is 9.47. The van der Waals surface area contributed by atoms with Crippen molar-refractivity contribution in [3.05, 3.63) is 42.0 Å². The Morgan fingerprint density at radius 2 is 1.82 bits per heavy atom. The first-order chi connectivity index (χ1) is 13.4. The molecule has 3 rings (SSSR count). The molecule has 7 nitrogen and oxygen atoms in total. The molecule has 2 aromatic carbocycles. The Hall–Kier alpha value is -3.13. The fourth-order valence-electron chi connectivity index (χ4n) is 2.49. The molecule has 0 saturated heterocycles. The van der Waals surface area contributed by atoms with Gasteiger partial charge in [0.25, 0.3) is 5.91 Å². The predicted octanol–water partition coefficient (Wildman–Crippen LogP) is 4.16. The average molecular weight is 399 g/mol. The highest BCUT2D eigenvalue weighted by molar-refractivity contribution is 7.22. The lowest BCUT2D eigenvalue weighted by atomic mass is 10.1. The SMILES string of the molecule is COc1ccc(C(=O)Nc2ccc3sc(NC(=O)C(C)C)nc3c2)c(OC)c1. The number of benzene rings is 2. The molecule has 0 radical (unpaired) electrons. The zero-order chi connectivity index (χ0) is 20.3. The number of rotatable bonds is 6. The van der Waals surface area contributed by atoms with Crippen molar-refractivity contribution in [1.29, 1.82) is 0 Å². The smallest absolute Gasteiger partial charge is 0.259 e. The van der Waals surface area contributed by atoms with E-state index in [-0.39, 0.29) is 17.7 Å². The standard InChI is InChI=1S/C20H21N3O4S/c1-11(2)18(24)23-20-22-15-9-12(5-8-17(15)28-20)21-19(25)14-7-6-13(26-3)10-16(14)27-4/h5-11H,1-4H3,(H,21,25)(H,22,23,24). The number of carbonyl (C=O) groups is 2. The summed E-state index contributed by atoms with van der Waals surface area (Å²) in [5.74, 6) is 0.515. The lowest BCUT2D eigenvalue weighted by Crippen LogP contribution is -2.17. The van der Waals surface area contributed by atoms with Crippen LogP contribution in [-0.4, -0.2) is 31.0 Å². The maximum absolute atomic E-state index is 12.6. The summed E-state index contributed by atoms with van der Waals surface area (Å²) < 4.78 is 11.4. The second-order valence-corrected chi connectivity index (χ2v) is 7.40. The normalized spacial score (nSPS) is 10.8. The van der Waals surface area contributed by atoms with Gasteiger partial charge in [0.05, 0.1) is 30.0 Å². The van der Waals surface area contributed by atoms with Crippen molar-refractivity contribution in [2.24, 2.45) is 5.92 Å². The third-order valence-electron chi connectivity index (χ3n) is 4.05. The first kappa shape index (κ1) is 19.6. The van der Waals surface area contributed by atoms with E-state index in [9.17, 15) is 9.59 Å². The molecule has 2 amide bonds. The summed E-state index contributed by atoms with van der Waals surface area (Å²) in [4.78, 5) is 28.9. The Labute approximate surface area is 166 Å². The van der Waals surface area contributed by atoms with Crippen molar-refractivity contribution < 1.29 is 19.1 Å². The number of thiazole rings is 1. The topological polar surface area (TPSA) is 89.6 Å². The number of hydrogen-bond donors (Lipinski definition) is 2. The molecule has 0 atom stereocenters. The second-order valence-electron chi connectivity index (χ2n) is 6.37. The number of nitrogens with zero attached hydrogens (tertiary/aromatic N) is 1. The van der Waals surface area contributed by atoms with Crippen molar-refractivity contribution in [3.63, 3.8) is 0 Å². The number of carbonyl (C=O) groups excluding carboxylic acids is 2. The van der Waals surface area contributed by atoms with Gasteiger partial charge in [-0.2, -0.15) is 0 Å². The molecule has 0 bridgehead atoms. The van der Waals surface area contributed by atoms with Crippen LogP contribution in [0.3, 0.4) is 0 Å². The summed E-state index contributed by atoms with van der Waals surface area (Å²) in [6.07, 6.45) is 0. The Morgan fingerprint density at radius 3 is 2.50 bits per heavy atom. The number of methoxy groups -OCH3 is 2. The molecule has 1 heterocycles. The number of aromatic nitrogens is 1. The van der Waals surface area contributed by atoms with E-state index in [0.717, 1.165) is 4.70 Å². The lowest BCUT2D eigenvalue weighted by Gasteiger charge is -2.10. The molecular formula is C20H21N3O4S. The Bertz CT molecular complexity index is 1030. The average Bonchev–Trinajstić information content (AvgIpc) is 3.08. The third kappa shape index (κ3) is 4.23. The van der Waals surface area contributed by atoms with Gasteiger partial charge in [0.2, 0.25) is 5.91 Å². The highest BCUT2D eigenvalue weighted by Crippen LogP contribution is 2.29. The summed E-state index contributed by atoms with van der Waals surface area (Å²) in [6, 6.07) is 10.4. The summed E-state index contributed by atoms with van der Waals surface area (Å²) in [5.41, 5.74) is 1.69. The van der Waals surface area contributed by atoms with Crippen LogP contribution < -0.4 is 20.1 Å². The van der Waals surface area contributed by atoms with Crippen molar-refractivity contribution in [2.45, 2.75) is 13.8 Å². The van der Waals surface area contributed by atoms with Crippen LogP contribution in [0.15, 0.2) is 36.4 Å². The van der Waals surface area contributed by atoms with E-state index < -0.39 is 0 Å². The van der Waals surface area contributed by atoms with Crippen molar-refractivity contribution in [1.82, 2.24) is 4.98 Å². The van der Waals surface area contributed by atoms with Gasteiger partial charge in [-0.05, 0) is 30.3 Å². The number of hydrogen-bond acceptors (Lipinski definition) is 6. The van der Waals surface area contributed by atoms with Crippen molar-refractivity contribution in [3.8, 4) is 11.5 Å². The van der Waals surface area contributed by atoms with Crippen LogP contribution in [-0.2, 0) is 4.79 Å². The molecule has 28 heavy (non-hydrogen) atoms. The highest BCUT2D eigenvalue weighted by atomic mass is 32.1. The molecule has 0 fully saturated rings. The first-order valence-electron chi connectivity index (χ1n) is 8.66. The number of fused-ring (bicyclic) bond motifs is 1. The largest absolute Gasteiger partial charge is 0.497 e. The van der Waals surface area contributed by atoms with Gasteiger partial charge in [-0.15, -0.1) is 0 Å². The van der Waals surface area contributed by atoms with Crippen LogP contribution in [0.2, 0.25) is 0 Å². The Kier molecular flexibility index (Phi) is 5.79. The van der Waals surface area contributed by atoms with E-state index in [1.165, 1.54) is 18.4 Å². The lowest BCUT2D eigenvalue weighted by molar-refractivity contribution is -0.118. The van der Waals surface area contributed by atoms with E-state index >= 15 is 0 Å². The van der Waals surface area contributed by atoms with Crippen LogP contribution in [0.25, 0.3) is 10.2 Å². The monoisotopic (exact) mass is 399 g/mol. The quantitative estimate of drug-likeness (QED) is 0.650. The molecule has 0 spiro atoms. The van der Waals surface area contributed by atoms with Crippen LogP contribution in [0.4, 0.5) is 10.8 Å². The molecule has 3 aromatic rings. The fourth-order valence-corrected chi connectivity index (χ4v) is 3.34. The van der Waals surface area contributed by atoms with Gasteiger partial charge >= 0.3 is 0 Å². The molecule has 8 heteroatoms. The molecule has 146 valence electrons. The molecule has 0 aliphatic rings. The zero-order valence-electron chi connectivity index (χ0n) is 16.0. The van der Waals surface area contributed by atoms with Gasteiger partial charge in [-0.3, -0.25) is 9.59 Å². The van der Waals surface area contributed by atoms with Crippen molar-refractivity contribution in [2.75, 3.05) is 24.9 Å². The molecule has 1 aromatic heterocycles. The molecule has 0 aliphatic heterocycles. The van der Waals surface area contributed by atoms with E-state index in [2.05, 4.69) is 15.6 Å². The zero-order valence-corrected chi connectivity index (χ0v) is 16.8. The summed E-state index contributed by atoms with van der Waals surface area (Å²) in [6.45, 7) is 3.65. The summed E-state index contributed by atoms with van der Waals surface area (Å²) >= 11 is 1.39. The second kappa shape index (κ2) is 8.26. The number of amides is 2. The maximum Gasteiger partial charge on any atom is 0.259 e. The van der Waals surface area contributed by atoms with Gasteiger partial charge in [0.15, 0.2) is 5.13 Å². The van der Waals surface area contributed by atoms with Crippen LogP contribution in [0.5, 0.6) is 11.5 Å². The van der Waals surface area contributed by atoms with E-state index in [4.69, 9.17) is 9.47 Å².